The Morgan fingerprint density at radius 1 is 1.37 bits per heavy atom. The van der Waals surface area contributed by atoms with Crippen LogP contribution in [0.1, 0.15) is 13.3 Å². The fraction of sp³-hybridized carbons (Fsp3) is 0.312. The van der Waals surface area contributed by atoms with Crippen LogP contribution in [0, 0.1) is 0 Å². The lowest BCUT2D eigenvalue weighted by Crippen LogP contribution is -2.20. The zero-order valence-electron chi connectivity index (χ0n) is 11.5. The molecule has 0 bridgehead atoms. The summed E-state index contributed by atoms with van der Waals surface area (Å²) in [5, 5.41) is 5.37. The molecule has 3 heteroatoms. The van der Waals surface area contributed by atoms with Crippen molar-refractivity contribution >= 4 is 10.8 Å². The highest BCUT2D eigenvalue weighted by molar-refractivity contribution is 5.87. The van der Waals surface area contributed by atoms with Gasteiger partial charge >= 0.3 is 0 Å². The van der Waals surface area contributed by atoms with Gasteiger partial charge in [0.25, 0.3) is 0 Å². The van der Waals surface area contributed by atoms with Crippen molar-refractivity contribution < 1.29 is 4.74 Å². The third-order valence-electron chi connectivity index (χ3n) is 3.01. The molecule has 0 saturated carbocycles. The highest BCUT2D eigenvalue weighted by Gasteiger charge is 2.08. The molecule has 1 aromatic carbocycles. The van der Waals surface area contributed by atoms with Gasteiger partial charge in [0.2, 0.25) is 0 Å². The maximum absolute atomic E-state index is 6.12. The molecular weight excluding hydrogens is 236 g/mol. The Balaban J connectivity index is 2.23. The fourth-order valence-electron chi connectivity index (χ4n) is 2.05. The summed E-state index contributed by atoms with van der Waals surface area (Å²) >= 11 is 0. The maximum Gasteiger partial charge on any atom is 0.128 e. The minimum atomic E-state index is 0.0937. The summed E-state index contributed by atoms with van der Waals surface area (Å²) in [7, 11) is 1.95. The van der Waals surface area contributed by atoms with Gasteiger partial charge in [-0.15, -0.1) is 0 Å². The number of nitrogens with zero attached hydrogens (tertiary/aromatic N) is 1. The number of aromatic nitrogens is 1. The molecule has 1 N–H and O–H groups in total. The summed E-state index contributed by atoms with van der Waals surface area (Å²) in [5.41, 5.74) is 0. The van der Waals surface area contributed by atoms with E-state index in [9.17, 15) is 0 Å². The van der Waals surface area contributed by atoms with Gasteiger partial charge in [0.15, 0.2) is 0 Å². The lowest BCUT2D eigenvalue weighted by Gasteiger charge is -2.17. The number of hydrogen-bond donors (Lipinski definition) is 1. The molecule has 0 aliphatic heterocycles. The van der Waals surface area contributed by atoms with Gasteiger partial charge in [-0.1, -0.05) is 18.2 Å². The van der Waals surface area contributed by atoms with E-state index in [2.05, 4.69) is 16.4 Å². The van der Waals surface area contributed by atoms with Crippen LogP contribution in [0.5, 0.6) is 5.75 Å². The number of hydrogen-bond acceptors (Lipinski definition) is 3. The molecule has 0 fully saturated rings. The van der Waals surface area contributed by atoms with E-state index in [1.54, 1.807) is 6.20 Å². The molecular formula is C16H20N2O. The normalized spacial score (nSPS) is 12.9. The number of pyridine rings is 1. The van der Waals surface area contributed by atoms with Gasteiger partial charge in [0.1, 0.15) is 11.9 Å². The lowest BCUT2D eigenvalue weighted by atomic mass is 10.1. The quantitative estimate of drug-likeness (QED) is 0.806. The van der Waals surface area contributed by atoms with Crippen molar-refractivity contribution in [3.63, 3.8) is 0 Å². The molecule has 0 aliphatic carbocycles. The Labute approximate surface area is 114 Å². The number of benzene rings is 1. The number of fused-ring (bicyclic) bond motifs is 1. The van der Waals surface area contributed by atoms with E-state index in [-0.39, 0.29) is 6.10 Å². The summed E-state index contributed by atoms with van der Waals surface area (Å²) in [4.78, 5) is 4.14. The summed E-state index contributed by atoms with van der Waals surface area (Å²) < 4.78 is 6.12. The van der Waals surface area contributed by atoms with Gasteiger partial charge in [-0.3, -0.25) is 4.98 Å². The highest BCUT2D eigenvalue weighted by atomic mass is 16.5. The second kappa shape index (κ2) is 6.90. The smallest absolute Gasteiger partial charge is 0.128 e. The average Bonchev–Trinajstić information content (AvgIpc) is 2.45. The molecule has 0 spiro atoms. The molecule has 100 valence electrons. The molecule has 0 aliphatic rings. The van der Waals surface area contributed by atoms with Crippen molar-refractivity contribution in [2.45, 2.75) is 19.4 Å². The molecule has 1 heterocycles. The first-order valence-electron chi connectivity index (χ1n) is 6.62. The van der Waals surface area contributed by atoms with Gasteiger partial charge in [-0.25, -0.2) is 0 Å². The topological polar surface area (TPSA) is 34.1 Å². The molecule has 0 radical (unpaired) electrons. The molecule has 1 atom stereocenters. The predicted octanol–water partition coefficient (Wildman–Crippen LogP) is 3.17. The van der Waals surface area contributed by atoms with E-state index >= 15 is 0 Å². The van der Waals surface area contributed by atoms with E-state index in [1.807, 2.05) is 50.5 Å². The Bertz CT molecular complexity index is 546. The first-order valence-corrected chi connectivity index (χ1v) is 6.62. The van der Waals surface area contributed by atoms with Crippen LogP contribution in [-0.2, 0) is 0 Å². The lowest BCUT2D eigenvalue weighted by molar-refractivity contribution is 0.241. The molecule has 1 aromatic heterocycles. The van der Waals surface area contributed by atoms with E-state index in [1.165, 1.54) is 0 Å². The summed E-state index contributed by atoms with van der Waals surface area (Å²) in [6.07, 6.45) is 8.83. The molecule has 1 unspecified atom stereocenters. The Hall–Kier alpha value is -1.87. The van der Waals surface area contributed by atoms with Gasteiger partial charge in [-0.2, -0.15) is 0 Å². The molecule has 3 nitrogen and oxygen atoms in total. The van der Waals surface area contributed by atoms with Crippen molar-refractivity contribution in [1.82, 2.24) is 10.3 Å². The Morgan fingerprint density at radius 3 is 3.05 bits per heavy atom. The van der Waals surface area contributed by atoms with Gasteiger partial charge < -0.3 is 10.1 Å². The second-order valence-corrected chi connectivity index (χ2v) is 4.43. The number of rotatable bonds is 6. The maximum atomic E-state index is 6.12. The van der Waals surface area contributed by atoms with Gasteiger partial charge in [-0.05, 0) is 38.7 Å². The van der Waals surface area contributed by atoms with Crippen molar-refractivity contribution in [3.05, 3.63) is 48.8 Å². The monoisotopic (exact) mass is 256 g/mol. The van der Waals surface area contributed by atoms with E-state index in [4.69, 9.17) is 4.74 Å². The highest BCUT2D eigenvalue weighted by Crippen LogP contribution is 2.26. The zero-order valence-corrected chi connectivity index (χ0v) is 11.5. The second-order valence-electron chi connectivity index (χ2n) is 4.43. The van der Waals surface area contributed by atoms with Crippen LogP contribution < -0.4 is 10.1 Å². The largest absolute Gasteiger partial charge is 0.486 e. The van der Waals surface area contributed by atoms with E-state index < -0.39 is 0 Å². The first kappa shape index (κ1) is 13.6. The SMILES string of the molecule is CC=CC(CCNC)Oc1cccc2cnccc12. The zero-order chi connectivity index (χ0) is 13.5. The summed E-state index contributed by atoms with van der Waals surface area (Å²) in [6, 6.07) is 8.06. The Morgan fingerprint density at radius 2 is 2.26 bits per heavy atom. The van der Waals surface area contributed by atoms with Crippen molar-refractivity contribution in [2.75, 3.05) is 13.6 Å². The van der Waals surface area contributed by atoms with Crippen LogP contribution >= 0.6 is 0 Å². The minimum absolute atomic E-state index is 0.0937. The molecule has 0 amide bonds. The molecule has 2 aromatic rings. The Kier molecular flexibility index (Phi) is 4.93. The molecule has 0 saturated heterocycles. The third kappa shape index (κ3) is 3.55. The summed E-state index contributed by atoms with van der Waals surface area (Å²) in [5.74, 6) is 0.916. The summed E-state index contributed by atoms with van der Waals surface area (Å²) in [6.45, 7) is 2.95. The van der Waals surface area contributed by atoms with Crippen LogP contribution in [-0.4, -0.2) is 24.7 Å². The van der Waals surface area contributed by atoms with E-state index in [0.29, 0.717) is 0 Å². The number of ether oxygens (including phenoxy) is 1. The fourth-order valence-corrected chi connectivity index (χ4v) is 2.05. The average molecular weight is 256 g/mol. The number of nitrogens with one attached hydrogen (secondary N) is 1. The van der Waals surface area contributed by atoms with Crippen LogP contribution in [0.2, 0.25) is 0 Å². The van der Waals surface area contributed by atoms with Crippen LogP contribution in [0.25, 0.3) is 10.8 Å². The molecule has 19 heavy (non-hydrogen) atoms. The standard InChI is InChI=1S/C16H20N2O/c1-3-5-14(8-10-17-2)19-16-7-4-6-13-12-18-11-9-15(13)16/h3-7,9,11-12,14,17H,8,10H2,1-2H3. The van der Waals surface area contributed by atoms with Crippen LogP contribution in [0.4, 0.5) is 0 Å². The van der Waals surface area contributed by atoms with Gasteiger partial charge in [0.05, 0.1) is 0 Å². The van der Waals surface area contributed by atoms with Crippen LogP contribution in [0.15, 0.2) is 48.8 Å². The van der Waals surface area contributed by atoms with Gasteiger partial charge in [0, 0.05) is 29.6 Å². The van der Waals surface area contributed by atoms with Crippen molar-refractivity contribution in [2.24, 2.45) is 0 Å². The minimum Gasteiger partial charge on any atom is -0.486 e. The third-order valence-corrected chi connectivity index (χ3v) is 3.01. The van der Waals surface area contributed by atoms with Crippen molar-refractivity contribution in [1.29, 1.82) is 0 Å². The molecule has 2 rings (SSSR count). The van der Waals surface area contributed by atoms with Crippen LogP contribution in [0.3, 0.4) is 0 Å². The first-order chi connectivity index (χ1) is 9.35. The number of allylic oxidation sites excluding steroid dienone is 1. The predicted molar refractivity (Wildman–Crippen MR) is 79.5 cm³/mol. The van der Waals surface area contributed by atoms with E-state index in [0.717, 1.165) is 29.5 Å². The van der Waals surface area contributed by atoms with Crippen molar-refractivity contribution in [3.8, 4) is 5.75 Å².